The smallest absolute Gasteiger partial charge is 0.183 e. The minimum absolute atomic E-state index is 0.535. The molecule has 84 valence electrons. The van der Waals surface area contributed by atoms with Crippen molar-refractivity contribution in [2.75, 3.05) is 11.9 Å². The SMILES string of the molecule is Cc1ccc2sc(NCC3(C)CC3)nc2c1. The zero-order valence-electron chi connectivity index (χ0n) is 9.71. The summed E-state index contributed by atoms with van der Waals surface area (Å²) < 4.78 is 1.27. The predicted octanol–water partition coefficient (Wildman–Crippen LogP) is 3.82. The standard InChI is InChI=1S/C13H16N2S/c1-9-3-4-11-10(7-9)15-12(16-11)14-8-13(2)5-6-13/h3-4,7H,5-6,8H2,1-2H3,(H,14,15). The van der Waals surface area contributed by atoms with Crippen molar-refractivity contribution in [3.05, 3.63) is 23.8 Å². The van der Waals surface area contributed by atoms with Crippen molar-refractivity contribution in [1.82, 2.24) is 4.98 Å². The van der Waals surface area contributed by atoms with Crippen LogP contribution >= 0.6 is 11.3 Å². The Bertz CT molecular complexity index is 526. The molecule has 2 aromatic rings. The van der Waals surface area contributed by atoms with Crippen LogP contribution in [0.5, 0.6) is 0 Å². The monoisotopic (exact) mass is 232 g/mol. The van der Waals surface area contributed by atoms with Crippen LogP contribution in [0.2, 0.25) is 0 Å². The molecular weight excluding hydrogens is 216 g/mol. The first-order valence-electron chi connectivity index (χ1n) is 5.76. The van der Waals surface area contributed by atoms with Gasteiger partial charge in [0.2, 0.25) is 0 Å². The van der Waals surface area contributed by atoms with Crippen molar-refractivity contribution in [3.8, 4) is 0 Å². The molecule has 0 spiro atoms. The van der Waals surface area contributed by atoms with Crippen LogP contribution in [-0.2, 0) is 0 Å². The summed E-state index contributed by atoms with van der Waals surface area (Å²) in [5.74, 6) is 0. The summed E-state index contributed by atoms with van der Waals surface area (Å²) in [5, 5.41) is 4.53. The minimum Gasteiger partial charge on any atom is -0.361 e. The third-order valence-corrected chi connectivity index (χ3v) is 4.31. The summed E-state index contributed by atoms with van der Waals surface area (Å²) >= 11 is 1.75. The molecule has 0 atom stereocenters. The molecule has 1 aromatic carbocycles. The highest BCUT2D eigenvalue weighted by atomic mass is 32.1. The molecule has 1 N–H and O–H groups in total. The van der Waals surface area contributed by atoms with Crippen LogP contribution < -0.4 is 5.32 Å². The Hall–Kier alpha value is -1.09. The molecule has 1 aliphatic carbocycles. The van der Waals surface area contributed by atoms with Crippen LogP contribution in [0.3, 0.4) is 0 Å². The molecule has 16 heavy (non-hydrogen) atoms. The van der Waals surface area contributed by atoms with Crippen molar-refractivity contribution < 1.29 is 0 Å². The minimum atomic E-state index is 0.535. The highest BCUT2D eigenvalue weighted by molar-refractivity contribution is 7.22. The second kappa shape index (κ2) is 3.45. The largest absolute Gasteiger partial charge is 0.361 e. The van der Waals surface area contributed by atoms with E-state index in [9.17, 15) is 0 Å². The van der Waals surface area contributed by atoms with Gasteiger partial charge in [-0.1, -0.05) is 24.3 Å². The van der Waals surface area contributed by atoms with Gasteiger partial charge in [-0.2, -0.15) is 0 Å². The lowest BCUT2D eigenvalue weighted by Crippen LogP contribution is -2.11. The Labute approximate surface area is 99.7 Å². The van der Waals surface area contributed by atoms with Gasteiger partial charge in [0.15, 0.2) is 5.13 Å². The maximum absolute atomic E-state index is 4.61. The van der Waals surface area contributed by atoms with E-state index in [1.165, 1.54) is 23.1 Å². The van der Waals surface area contributed by atoms with E-state index in [-0.39, 0.29) is 0 Å². The normalized spacial score (nSPS) is 17.6. The molecule has 0 bridgehead atoms. The van der Waals surface area contributed by atoms with Gasteiger partial charge < -0.3 is 5.32 Å². The average Bonchev–Trinajstić information content (AvgIpc) is 2.85. The van der Waals surface area contributed by atoms with E-state index in [0.29, 0.717) is 5.41 Å². The number of thiazole rings is 1. The van der Waals surface area contributed by atoms with Gasteiger partial charge in [0.05, 0.1) is 10.2 Å². The molecule has 0 aliphatic heterocycles. The molecule has 3 heteroatoms. The van der Waals surface area contributed by atoms with Crippen LogP contribution in [-0.4, -0.2) is 11.5 Å². The quantitative estimate of drug-likeness (QED) is 0.870. The highest BCUT2D eigenvalue weighted by Crippen LogP contribution is 2.45. The molecule has 1 fully saturated rings. The fourth-order valence-corrected chi connectivity index (χ4v) is 2.63. The molecular formula is C13H16N2S. The van der Waals surface area contributed by atoms with Crippen molar-refractivity contribution in [1.29, 1.82) is 0 Å². The molecule has 2 nitrogen and oxygen atoms in total. The third kappa shape index (κ3) is 1.92. The van der Waals surface area contributed by atoms with E-state index in [2.05, 4.69) is 42.3 Å². The van der Waals surface area contributed by atoms with Gasteiger partial charge in [0.1, 0.15) is 0 Å². The van der Waals surface area contributed by atoms with Crippen molar-refractivity contribution >= 4 is 26.7 Å². The van der Waals surface area contributed by atoms with Gasteiger partial charge in [-0.3, -0.25) is 0 Å². The van der Waals surface area contributed by atoms with E-state index in [1.807, 2.05) is 0 Å². The molecule has 0 radical (unpaired) electrons. The van der Waals surface area contributed by atoms with Crippen LogP contribution in [0, 0.1) is 12.3 Å². The van der Waals surface area contributed by atoms with Crippen molar-refractivity contribution in [2.45, 2.75) is 26.7 Å². The zero-order chi connectivity index (χ0) is 11.2. The lowest BCUT2D eigenvalue weighted by Gasteiger charge is -2.07. The predicted molar refractivity (Wildman–Crippen MR) is 70.2 cm³/mol. The number of benzene rings is 1. The third-order valence-electron chi connectivity index (χ3n) is 3.31. The number of fused-ring (bicyclic) bond motifs is 1. The fourth-order valence-electron chi connectivity index (χ4n) is 1.79. The molecule has 1 saturated carbocycles. The number of anilines is 1. The van der Waals surface area contributed by atoms with Gasteiger partial charge in [-0.25, -0.2) is 4.98 Å². The summed E-state index contributed by atoms with van der Waals surface area (Å²) in [4.78, 5) is 4.61. The molecule has 0 amide bonds. The molecule has 1 aliphatic rings. The lowest BCUT2D eigenvalue weighted by molar-refractivity contribution is 0.610. The first-order valence-corrected chi connectivity index (χ1v) is 6.57. The summed E-state index contributed by atoms with van der Waals surface area (Å²) in [6.07, 6.45) is 2.70. The number of aromatic nitrogens is 1. The summed E-state index contributed by atoms with van der Waals surface area (Å²) in [6.45, 7) is 5.50. The number of nitrogens with zero attached hydrogens (tertiary/aromatic N) is 1. The highest BCUT2D eigenvalue weighted by Gasteiger charge is 2.36. The Morgan fingerprint density at radius 2 is 2.25 bits per heavy atom. The number of hydrogen-bond acceptors (Lipinski definition) is 3. The maximum Gasteiger partial charge on any atom is 0.183 e. The summed E-state index contributed by atoms with van der Waals surface area (Å²) in [6, 6.07) is 6.45. The average molecular weight is 232 g/mol. The molecule has 0 unspecified atom stereocenters. The lowest BCUT2D eigenvalue weighted by atomic mass is 10.1. The van der Waals surface area contributed by atoms with Gasteiger partial charge in [-0.15, -0.1) is 0 Å². The first-order chi connectivity index (χ1) is 7.65. The van der Waals surface area contributed by atoms with Crippen LogP contribution in [0.4, 0.5) is 5.13 Å². The number of rotatable bonds is 3. The van der Waals surface area contributed by atoms with Crippen LogP contribution in [0.15, 0.2) is 18.2 Å². The molecule has 1 aromatic heterocycles. The first kappa shape index (κ1) is 10.1. The maximum atomic E-state index is 4.61. The second-order valence-corrected chi connectivity index (χ2v) is 6.19. The van der Waals surface area contributed by atoms with E-state index in [1.54, 1.807) is 11.3 Å². The van der Waals surface area contributed by atoms with E-state index in [4.69, 9.17) is 0 Å². The van der Waals surface area contributed by atoms with Crippen LogP contribution in [0.1, 0.15) is 25.3 Å². The summed E-state index contributed by atoms with van der Waals surface area (Å²) in [5.41, 5.74) is 2.93. The van der Waals surface area contributed by atoms with Gasteiger partial charge in [-0.05, 0) is 42.9 Å². The number of nitrogens with one attached hydrogen (secondary N) is 1. The number of aryl methyl sites for hydroxylation is 1. The van der Waals surface area contributed by atoms with E-state index in [0.717, 1.165) is 17.2 Å². The van der Waals surface area contributed by atoms with Crippen LogP contribution in [0.25, 0.3) is 10.2 Å². The van der Waals surface area contributed by atoms with Crippen molar-refractivity contribution in [2.24, 2.45) is 5.41 Å². The number of hydrogen-bond donors (Lipinski definition) is 1. The van der Waals surface area contributed by atoms with Crippen molar-refractivity contribution in [3.63, 3.8) is 0 Å². The van der Waals surface area contributed by atoms with Gasteiger partial charge >= 0.3 is 0 Å². The Balaban J connectivity index is 1.82. The fraction of sp³-hybridized carbons (Fsp3) is 0.462. The van der Waals surface area contributed by atoms with Gasteiger partial charge in [0.25, 0.3) is 0 Å². The molecule has 1 heterocycles. The zero-order valence-corrected chi connectivity index (χ0v) is 10.5. The second-order valence-electron chi connectivity index (χ2n) is 5.15. The Morgan fingerprint density at radius 1 is 1.44 bits per heavy atom. The topological polar surface area (TPSA) is 24.9 Å². The van der Waals surface area contributed by atoms with E-state index < -0.39 is 0 Å². The molecule has 3 rings (SSSR count). The van der Waals surface area contributed by atoms with E-state index >= 15 is 0 Å². The summed E-state index contributed by atoms with van der Waals surface area (Å²) in [7, 11) is 0. The Morgan fingerprint density at radius 3 is 3.00 bits per heavy atom. The van der Waals surface area contributed by atoms with Gasteiger partial charge in [0, 0.05) is 6.54 Å². The molecule has 0 saturated heterocycles. The Kier molecular flexibility index (Phi) is 2.18.